The zero-order valence-electron chi connectivity index (χ0n) is 21.0. The van der Waals surface area contributed by atoms with Crippen LogP contribution in [0, 0.1) is 0 Å². The molecular weight excluding hydrogens is 577 g/mol. The monoisotopic (exact) mass is 596 g/mol. The van der Waals surface area contributed by atoms with Crippen molar-refractivity contribution in [1.29, 1.82) is 0 Å². The van der Waals surface area contributed by atoms with E-state index < -0.39 is 53.0 Å². The molecule has 42 heavy (non-hydrogen) atoms. The number of carbonyl (C=O) groups is 7. The van der Waals surface area contributed by atoms with E-state index in [1.165, 1.54) is 38.1 Å². The number of nitrogens with one attached hydrogen (secondary N) is 3. The summed E-state index contributed by atoms with van der Waals surface area (Å²) in [6, 6.07) is 0. The number of ketones is 4. The van der Waals surface area contributed by atoms with E-state index in [0.29, 0.717) is 6.42 Å². The van der Waals surface area contributed by atoms with Crippen molar-refractivity contribution in [2.75, 3.05) is 7.11 Å². The van der Waals surface area contributed by atoms with Crippen molar-refractivity contribution in [3.8, 4) is 0 Å². The number of nitrogens with zero attached hydrogens (tertiary/aromatic N) is 4. The summed E-state index contributed by atoms with van der Waals surface area (Å²) < 4.78 is 39.0. The molecule has 0 aliphatic carbocycles. The molecule has 0 fully saturated rings. The highest BCUT2D eigenvalue weighted by atomic mass is 19.4. The number of methoxy groups -OCH3 is 1. The zero-order valence-corrected chi connectivity index (χ0v) is 21.0. The van der Waals surface area contributed by atoms with Crippen LogP contribution >= 0.6 is 0 Å². The molecule has 6 N–H and O–H groups in total. The molecule has 1 aliphatic heterocycles. The molecule has 0 bridgehead atoms. The Morgan fingerprint density at radius 2 is 1.31 bits per heavy atom. The summed E-state index contributed by atoms with van der Waals surface area (Å²) in [6.07, 6.45) is 6.52. The van der Waals surface area contributed by atoms with Crippen molar-refractivity contribution in [3.63, 3.8) is 0 Å². The van der Waals surface area contributed by atoms with Gasteiger partial charge in [-0.2, -0.15) is 13.2 Å². The summed E-state index contributed by atoms with van der Waals surface area (Å²) in [5.41, 5.74) is 4.93. The summed E-state index contributed by atoms with van der Waals surface area (Å²) >= 11 is 0. The highest BCUT2D eigenvalue weighted by Crippen LogP contribution is 2.18. The number of H-pyrrole nitrogens is 3. The molecule has 20 heteroatoms. The fourth-order valence-electron chi connectivity index (χ4n) is 2.24. The maximum Gasteiger partial charge on any atom is 0.458 e. The number of aromatic amines is 3. The van der Waals surface area contributed by atoms with Crippen LogP contribution in [0.4, 0.5) is 13.2 Å². The number of amides is 1. The van der Waals surface area contributed by atoms with Gasteiger partial charge >= 0.3 is 29.7 Å². The molecule has 0 unspecified atom stereocenters. The molecule has 0 saturated heterocycles. The van der Waals surface area contributed by atoms with E-state index in [1.54, 1.807) is 6.08 Å². The smallest absolute Gasteiger partial charge is 0.458 e. The lowest BCUT2D eigenvalue weighted by Crippen LogP contribution is -2.23. The van der Waals surface area contributed by atoms with Crippen LogP contribution in [0.25, 0.3) is 0 Å². The van der Waals surface area contributed by atoms with Gasteiger partial charge < -0.3 is 30.5 Å². The number of aliphatic carboxylic acids is 1. The maximum atomic E-state index is 11.6. The fourth-order valence-corrected chi connectivity index (χ4v) is 2.24. The normalized spacial score (nSPS) is 11.2. The molecule has 3 aromatic rings. The molecule has 0 spiro atoms. The van der Waals surface area contributed by atoms with Gasteiger partial charge in [-0.05, 0) is 0 Å². The van der Waals surface area contributed by atoms with E-state index in [-0.39, 0.29) is 17.4 Å². The lowest BCUT2D eigenvalue weighted by atomic mass is 10.2. The quantitative estimate of drug-likeness (QED) is 0.137. The van der Waals surface area contributed by atoms with Gasteiger partial charge in [-0.3, -0.25) is 29.0 Å². The predicted octanol–water partition coefficient (Wildman–Crippen LogP) is -0.00370. The molecule has 1 aliphatic rings. The highest BCUT2D eigenvalue weighted by molar-refractivity contribution is 6.64. The number of halogens is 3. The molecule has 0 atom stereocenters. The highest BCUT2D eigenvalue weighted by Gasteiger charge is 2.40. The van der Waals surface area contributed by atoms with Gasteiger partial charge in [0.05, 0.1) is 12.8 Å². The molecule has 4 heterocycles. The van der Waals surface area contributed by atoms with Crippen LogP contribution in [0.15, 0.2) is 54.4 Å². The predicted molar refractivity (Wildman–Crippen MR) is 130 cm³/mol. The number of aliphatic imine (C=N–C) groups is 1. The first-order valence-corrected chi connectivity index (χ1v) is 10.8. The second kappa shape index (κ2) is 16.1. The number of primary amides is 1. The molecule has 3 aromatic heterocycles. The van der Waals surface area contributed by atoms with Crippen LogP contribution in [0.3, 0.4) is 0 Å². The zero-order chi connectivity index (χ0) is 31.9. The minimum Gasteiger partial charge on any atom is -0.475 e. The van der Waals surface area contributed by atoms with Gasteiger partial charge in [-0.15, -0.1) is 0 Å². The van der Waals surface area contributed by atoms with E-state index in [0.717, 1.165) is 12.4 Å². The lowest BCUT2D eigenvalue weighted by molar-refractivity contribution is -0.148. The fraction of sp³-hybridized carbons (Fsp3) is 0.136. The number of ether oxygens (including phenoxy) is 1. The van der Waals surface area contributed by atoms with Gasteiger partial charge in [0.25, 0.3) is 17.5 Å². The number of hydrogen-bond acceptors (Lipinski definition) is 12. The average Bonchev–Trinajstić information content (AvgIpc) is 3.79. The van der Waals surface area contributed by atoms with Crippen molar-refractivity contribution in [2.45, 2.75) is 12.6 Å². The third-order valence-electron chi connectivity index (χ3n) is 4.10. The molecular formula is C22H19F3N8O9. The first-order chi connectivity index (χ1) is 19.7. The number of nitrogens with two attached hydrogens (primary N) is 1. The minimum absolute atomic E-state index is 0.0208. The SMILES string of the molecule is COC(=O)C(=O)C1=NC=CC1.NC(=O)C(=O)c1ncc[nH]1.O=C(O)C(=O)c1ncc[nH]1.O=C(c1ncc[nH]1)C(F)(F)F. The Balaban J connectivity index is 0.000000280. The molecule has 0 aromatic carbocycles. The number of hydrogen-bond donors (Lipinski definition) is 5. The van der Waals surface area contributed by atoms with Gasteiger partial charge in [-0.1, -0.05) is 6.08 Å². The largest absolute Gasteiger partial charge is 0.475 e. The number of alkyl halides is 3. The molecule has 0 radical (unpaired) electrons. The van der Waals surface area contributed by atoms with Crippen LogP contribution in [-0.4, -0.2) is 95.0 Å². The van der Waals surface area contributed by atoms with Gasteiger partial charge in [0, 0.05) is 49.8 Å². The van der Waals surface area contributed by atoms with Crippen molar-refractivity contribution >= 4 is 46.7 Å². The number of Topliss-reactive ketones (excluding diaryl/α,β-unsaturated/α-hetero) is 4. The Morgan fingerprint density at radius 1 is 0.833 bits per heavy atom. The molecule has 17 nitrogen and oxygen atoms in total. The van der Waals surface area contributed by atoms with Gasteiger partial charge in [0.2, 0.25) is 0 Å². The van der Waals surface area contributed by atoms with E-state index in [2.05, 4.69) is 45.4 Å². The Kier molecular flexibility index (Phi) is 13.0. The molecule has 222 valence electrons. The number of carboxylic acid groups (broad SMARTS) is 1. The minimum atomic E-state index is -4.85. The number of rotatable bonds is 7. The number of allylic oxidation sites excluding steroid dienone is 1. The standard InChI is InChI=1S/C7H7NO3.C5H3F3N2O.C5H5N3O2.C5H4N2O3/c1-11-7(10)6(9)5-3-2-4-8-5;6-5(7,8)3(11)4-9-1-2-10-4;6-4(10)3(9)5-7-1-2-8-5;8-3(5(9)10)4-6-1-2-7-4/h2,4H,3H2,1H3;1-2H,(H,9,10);1-2H,(H2,6,10)(H,7,8);1-2H,(H,6,7)(H,9,10). The molecule has 4 rings (SSSR count). The number of aromatic nitrogens is 6. The number of esters is 1. The van der Waals surface area contributed by atoms with Crippen LogP contribution in [0.2, 0.25) is 0 Å². The van der Waals surface area contributed by atoms with Crippen LogP contribution in [0.1, 0.15) is 38.3 Å². The Labute approximate surface area is 231 Å². The number of imidazole rings is 3. The summed E-state index contributed by atoms with van der Waals surface area (Å²) in [5, 5.41) is 8.14. The van der Waals surface area contributed by atoms with Crippen molar-refractivity contribution < 1.29 is 56.6 Å². The topological polar surface area (TPSA) is 273 Å². The average molecular weight is 596 g/mol. The van der Waals surface area contributed by atoms with E-state index in [9.17, 15) is 46.7 Å². The first kappa shape index (κ1) is 33.9. The summed E-state index contributed by atoms with van der Waals surface area (Å²) in [6.45, 7) is 0. The summed E-state index contributed by atoms with van der Waals surface area (Å²) in [4.78, 5) is 93.9. The lowest BCUT2D eigenvalue weighted by Gasteiger charge is -2.00. The maximum absolute atomic E-state index is 11.6. The Hall–Kier alpha value is -6.08. The van der Waals surface area contributed by atoms with Crippen molar-refractivity contribution in [2.24, 2.45) is 10.7 Å². The third kappa shape index (κ3) is 11.0. The van der Waals surface area contributed by atoms with Crippen molar-refractivity contribution in [3.05, 3.63) is 66.9 Å². The van der Waals surface area contributed by atoms with Crippen LogP contribution in [-0.2, 0) is 23.9 Å². The number of carbonyl (C=O) groups excluding carboxylic acids is 6. The second-order valence-electron chi connectivity index (χ2n) is 6.95. The Bertz CT molecular complexity index is 1400. The van der Waals surface area contributed by atoms with E-state index in [1.807, 2.05) is 0 Å². The number of carboxylic acids is 1. The molecule has 1 amide bonds. The van der Waals surface area contributed by atoms with E-state index >= 15 is 0 Å². The van der Waals surface area contributed by atoms with Gasteiger partial charge in [0.1, 0.15) is 0 Å². The molecule has 0 saturated carbocycles. The van der Waals surface area contributed by atoms with Gasteiger partial charge in [-0.25, -0.2) is 24.5 Å². The van der Waals surface area contributed by atoms with Crippen molar-refractivity contribution in [1.82, 2.24) is 29.9 Å². The first-order valence-electron chi connectivity index (χ1n) is 10.8. The van der Waals surface area contributed by atoms with Crippen LogP contribution in [0.5, 0.6) is 0 Å². The summed E-state index contributed by atoms with van der Waals surface area (Å²) in [5.74, 6) is -8.65. The second-order valence-corrected chi connectivity index (χ2v) is 6.95. The van der Waals surface area contributed by atoms with Crippen LogP contribution < -0.4 is 5.73 Å². The van der Waals surface area contributed by atoms with Gasteiger partial charge in [0.15, 0.2) is 17.5 Å². The van der Waals surface area contributed by atoms with E-state index in [4.69, 9.17) is 5.11 Å². The Morgan fingerprint density at radius 3 is 1.64 bits per heavy atom. The summed E-state index contributed by atoms with van der Waals surface area (Å²) in [7, 11) is 1.17. The third-order valence-corrected chi connectivity index (χ3v) is 4.10.